The second-order valence-electron chi connectivity index (χ2n) is 7.22. The lowest BCUT2D eigenvalue weighted by Crippen LogP contribution is -2.56. The van der Waals surface area contributed by atoms with Crippen LogP contribution in [0.2, 0.25) is 0 Å². The van der Waals surface area contributed by atoms with Crippen molar-refractivity contribution in [2.45, 2.75) is 25.3 Å². The summed E-state index contributed by atoms with van der Waals surface area (Å²) < 4.78 is 2.03. The number of rotatable bonds is 5. The fraction of sp³-hybridized carbons (Fsp3) is 0.526. The number of carbonyl (C=O) groups is 1. The third-order valence-electron chi connectivity index (χ3n) is 5.78. The summed E-state index contributed by atoms with van der Waals surface area (Å²) in [6.45, 7) is 4.59. The Balaban J connectivity index is 1.49. The standard InChI is InChI=1S/C19H25N3O2/c1-21-11-14(18-15(19(23)24)3-2-4-17(18)21)5-8-20-16-12-22-9-6-13(16)7-10-22/h2-4,11,13,16,20H,5-10,12H2,1H3,(H,23,24). The van der Waals surface area contributed by atoms with E-state index in [9.17, 15) is 9.90 Å². The first-order chi connectivity index (χ1) is 11.6. The molecule has 2 bridgehead atoms. The SMILES string of the molecule is Cn1cc(CCNC2CN3CCC2CC3)c2c(C(=O)O)cccc21. The smallest absolute Gasteiger partial charge is 0.336 e. The van der Waals surface area contributed by atoms with Crippen LogP contribution in [0.15, 0.2) is 24.4 Å². The van der Waals surface area contributed by atoms with E-state index in [0.717, 1.165) is 35.3 Å². The van der Waals surface area contributed by atoms with E-state index in [4.69, 9.17) is 0 Å². The number of piperidine rings is 3. The van der Waals surface area contributed by atoms with E-state index in [1.54, 1.807) is 6.07 Å². The van der Waals surface area contributed by atoms with Crippen LogP contribution in [0.25, 0.3) is 10.9 Å². The lowest BCUT2D eigenvalue weighted by atomic mass is 9.84. The number of nitrogens with one attached hydrogen (secondary N) is 1. The van der Waals surface area contributed by atoms with Crippen LogP contribution in [-0.4, -0.2) is 52.8 Å². The number of benzene rings is 1. The number of aromatic nitrogens is 1. The molecule has 3 aliphatic rings. The number of nitrogens with zero attached hydrogens (tertiary/aromatic N) is 2. The Kier molecular flexibility index (Phi) is 4.06. The predicted molar refractivity (Wildman–Crippen MR) is 94.5 cm³/mol. The zero-order valence-corrected chi connectivity index (χ0v) is 14.2. The van der Waals surface area contributed by atoms with Crippen molar-refractivity contribution < 1.29 is 9.90 Å². The lowest BCUT2D eigenvalue weighted by Gasteiger charge is -2.45. The van der Waals surface area contributed by atoms with Crippen LogP contribution in [0.4, 0.5) is 0 Å². The van der Waals surface area contributed by atoms with Gasteiger partial charge >= 0.3 is 5.97 Å². The largest absolute Gasteiger partial charge is 0.478 e. The van der Waals surface area contributed by atoms with Crippen molar-refractivity contribution >= 4 is 16.9 Å². The van der Waals surface area contributed by atoms with Crippen LogP contribution in [0.3, 0.4) is 0 Å². The molecule has 4 heterocycles. The number of carboxylic acids is 1. The second-order valence-corrected chi connectivity index (χ2v) is 7.22. The van der Waals surface area contributed by atoms with Crippen molar-refractivity contribution in [3.63, 3.8) is 0 Å². The number of hydrogen-bond acceptors (Lipinski definition) is 3. The van der Waals surface area contributed by atoms with Gasteiger partial charge in [-0.3, -0.25) is 0 Å². The van der Waals surface area contributed by atoms with E-state index in [0.29, 0.717) is 11.6 Å². The lowest BCUT2D eigenvalue weighted by molar-refractivity contribution is 0.0699. The van der Waals surface area contributed by atoms with Crippen LogP contribution in [0, 0.1) is 5.92 Å². The van der Waals surface area contributed by atoms with Crippen molar-refractivity contribution in [3.05, 3.63) is 35.5 Å². The van der Waals surface area contributed by atoms with Crippen LogP contribution in [-0.2, 0) is 13.5 Å². The molecule has 1 unspecified atom stereocenters. The summed E-state index contributed by atoms with van der Waals surface area (Å²) in [5.41, 5.74) is 2.53. The number of carboxylic acid groups (broad SMARTS) is 1. The van der Waals surface area contributed by atoms with Crippen LogP contribution in [0.1, 0.15) is 28.8 Å². The third-order valence-corrected chi connectivity index (χ3v) is 5.78. The topological polar surface area (TPSA) is 57.5 Å². The number of fused-ring (bicyclic) bond motifs is 4. The highest BCUT2D eigenvalue weighted by atomic mass is 16.4. The van der Waals surface area contributed by atoms with Gasteiger partial charge in [-0.25, -0.2) is 4.79 Å². The van der Waals surface area contributed by atoms with Gasteiger partial charge in [0.2, 0.25) is 0 Å². The van der Waals surface area contributed by atoms with Gasteiger partial charge < -0.3 is 19.9 Å². The molecule has 1 atom stereocenters. The molecule has 3 saturated heterocycles. The van der Waals surface area contributed by atoms with Gasteiger partial charge in [-0.1, -0.05) is 6.07 Å². The van der Waals surface area contributed by atoms with E-state index in [-0.39, 0.29) is 0 Å². The van der Waals surface area contributed by atoms with Gasteiger partial charge in [-0.15, -0.1) is 0 Å². The first-order valence-corrected chi connectivity index (χ1v) is 8.89. The van der Waals surface area contributed by atoms with E-state index in [1.165, 1.54) is 32.5 Å². The molecule has 0 aliphatic carbocycles. The van der Waals surface area contributed by atoms with E-state index in [1.807, 2.05) is 23.7 Å². The average Bonchev–Trinajstić information content (AvgIpc) is 2.92. The summed E-state index contributed by atoms with van der Waals surface area (Å²) in [7, 11) is 1.98. The molecule has 0 amide bonds. The quantitative estimate of drug-likeness (QED) is 0.883. The summed E-state index contributed by atoms with van der Waals surface area (Å²) in [5, 5.41) is 14.1. The maximum Gasteiger partial charge on any atom is 0.336 e. The van der Waals surface area contributed by atoms with Gasteiger partial charge in [0.1, 0.15) is 0 Å². The summed E-state index contributed by atoms with van der Waals surface area (Å²) in [4.78, 5) is 14.1. The van der Waals surface area contributed by atoms with Crippen molar-refractivity contribution in [2.24, 2.45) is 13.0 Å². The number of aromatic carboxylic acids is 1. The first-order valence-electron chi connectivity index (χ1n) is 8.89. The fourth-order valence-corrected chi connectivity index (χ4v) is 4.50. The summed E-state index contributed by atoms with van der Waals surface area (Å²) in [5.74, 6) is -0.0319. The van der Waals surface area contributed by atoms with Crippen molar-refractivity contribution in [3.8, 4) is 0 Å². The second kappa shape index (κ2) is 6.22. The van der Waals surface area contributed by atoms with E-state index in [2.05, 4.69) is 16.4 Å². The molecule has 5 heteroatoms. The molecule has 1 aromatic heterocycles. The highest BCUT2D eigenvalue weighted by molar-refractivity contribution is 6.04. The molecule has 2 N–H and O–H groups in total. The molecule has 24 heavy (non-hydrogen) atoms. The van der Waals surface area contributed by atoms with Gasteiger partial charge in [0, 0.05) is 36.7 Å². The normalized spacial score (nSPS) is 26.1. The van der Waals surface area contributed by atoms with Gasteiger partial charge in [-0.2, -0.15) is 0 Å². The fourth-order valence-electron chi connectivity index (χ4n) is 4.50. The molecule has 0 saturated carbocycles. The summed E-state index contributed by atoms with van der Waals surface area (Å²) >= 11 is 0. The van der Waals surface area contributed by atoms with Gasteiger partial charge in [0.15, 0.2) is 0 Å². The Labute approximate surface area is 142 Å². The number of aryl methyl sites for hydroxylation is 1. The van der Waals surface area contributed by atoms with Crippen LogP contribution >= 0.6 is 0 Å². The molecule has 0 spiro atoms. The van der Waals surface area contributed by atoms with Crippen molar-refractivity contribution in [1.29, 1.82) is 0 Å². The van der Waals surface area contributed by atoms with E-state index < -0.39 is 5.97 Å². The van der Waals surface area contributed by atoms with Crippen molar-refractivity contribution in [2.75, 3.05) is 26.2 Å². The van der Waals surface area contributed by atoms with Gasteiger partial charge in [-0.05, 0) is 62.5 Å². The zero-order valence-electron chi connectivity index (χ0n) is 14.2. The van der Waals surface area contributed by atoms with E-state index >= 15 is 0 Å². The minimum atomic E-state index is -0.849. The highest BCUT2D eigenvalue weighted by Gasteiger charge is 2.33. The Hall–Kier alpha value is -1.85. The molecule has 128 valence electrons. The van der Waals surface area contributed by atoms with Gasteiger partial charge in [0.05, 0.1) is 5.56 Å². The molecule has 2 aromatic rings. The molecular formula is C19H25N3O2. The van der Waals surface area contributed by atoms with Gasteiger partial charge in [0.25, 0.3) is 0 Å². The molecular weight excluding hydrogens is 302 g/mol. The summed E-state index contributed by atoms with van der Waals surface area (Å²) in [6, 6.07) is 6.11. The van der Waals surface area contributed by atoms with Crippen molar-refractivity contribution in [1.82, 2.24) is 14.8 Å². The molecule has 5 rings (SSSR count). The van der Waals surface area contributed by atoms with Crippen LogP contribution < -0.4 is 5.32 Å². The molecule has 3 fully saturated rings. The Morgan fingerprint density at radius 1 is 1.33 bits per heavy atom. The average molecular weight is 327 g/mol. The molecule has 0 radical (unpaired) electrons. The number of hydrogen-bond donors (Lipinski definition) is 2. The Bertz CT molecular complexity index is 759. The Morgan fingerprint density at radius 3 is 2.79 bits per heavy atom. The predicted octanol–water partition coefficient (Wildman–Crippen LogP) is 2.10. The summed E-state index contributed by atoms with van der Waals surface area (Å²) in [6.07, 6.45) is 5.57. The highest BCUT2D eigenvalue weighted by Crippen LogP contribution is 2.28. The molecule has 3 aliphatic heterocycles. The third kappa shape index (κ3) is 2.72. The zero-order chi connectivity index (χ0) is 16.7. The maximum atomic E-state index is 11.6. The molecule has 1 aromatic carbocycles. The Morgan fingerprint density at radius 2 is 2.12 bits per heavy atom. The van der Waals surface area contributed by atoms with Crippen LogP contribution in [0.5, 0.6) is 0 Å². The molecule has 5 nitrogen and oxygen atoms in total. The monoisotopic (exact) mass is 327 g/mol. The minimum Gasteiger partial charge on any atom is -0.478 e. The first kappa shape index (κ1) is 15.7. The minimum absolute atomic E-state index is 0.408. The maximum absolute atomic E-state index is 11.6.